The highest BCUT2D eigenvalue weighted by Gasteiger charge is 2.34. The van der Waals surface area contributed by atoms with Crippen molar-refractivity contribution in [1.29, 1.82) is 0 Å². The van der Waals surface area contributed by atoms with Gasteiger partial charge in [0, 0.05) is 44.3 Å². The zero-order chi connectivity index (χ0) is 19.4. The number of benzene rings is 1. The third-order valence-corrected chi connectivity index (χ3v) is 4.37. The van der Waals surface area contributed by atoms with Crippen LogP contribution in [0.15, 0.2) is 35.3 Å². The average molecular weight is 371 g/mol. The molecule has 7 heteroatoms. The molecule has 0 aliphatic carbocycles. The van der Waals surface area contributed by atoms with E-state index in [0.29, 0.717) is 13.1 Å². The summed E-state index contributed by atoms with van der Waals surface area (Å²) in [5.41, 5.74) is 1.89. The standard InChI is InChI=1S/C20H29N5O2/c1-20(2,3)27-19(26)25-12-16(13-25)24-18(21-4)22-10-9-15-11-14-7-5-6-8-17(14)23-15/h5-8,11,16,23H,9-10,12-13H2,1-4H3,(H2,21,22,24). The number of likely N-dealkylation sites (tertiary alicyclic amines) is 1. The van der Waals surface area contributed by atoms with Crippen LogP contribution in [0.2, 0.25) is 0 Å². The Hall–Kier alpha value is -2.70. The Morgan fingerprint density at radius 1 is 1.33 bits per heavy atom. The van der Waals surface area contributed by atoms with Gasteiger partial charge in [0.15, 0.2) is 5.96 Å². The SMILES string of the molecule is CN=C(NCCc1cc2ccccc2[nH]1)NC1CN(C(=O)OC(C)(C)C)C1. The molecule has 1 amide bonds. The number of H-pyrrole nitrogens is 1. The topological polar surface area (TPSA) is 81.8 Å². The zero-order valence-corrected chi connectivity index (χ0v) is 16.5. The van der Waals surface area contributed by atoms with Gasteiger partial charge in [0.25, 0.3) is 0 Å². The van der Waals surface area contributed by atoms with E-state index >= 15 is 0 Å². The molecule has 1 aliphatic rings. The molecule has 0 unspecified atom stereocenters. The number of guanidine groups is 1. The van der Waals surface area contributed by atoms with E-state index < -0.39 is 5.60 Å². The first-order valence-electron chi connectivity index (χ1n) is 9.36. The lowest BCUT2D eigenvalue weighted by molar-refractivity contribution is 0.00701. The van der Waals surface area contributed by atoms with Gasteiger partial charge < -0.3 is 25.3 Å². The number of hydrogen-bond donors (Lipinski definition) is 3. The van der Waals surface area contributed by atoms with E-state index in [0.717, 1.165) is 24.4 Å². The van der Waals surface area contributed by atoms with Gasteiger partial charge in [-0.25, -0.2) is 4.79 Å². The molecule has 1 aliphatic heterocycles. The third-order valence-electron chi connectivity index (χ3n) is 4.37. The molecule has 3 rings (SSSR count). The number of amides is 1. The summed E-state index contributed by atoms with van der Waals surface area (Å²) in [6, 6.07) is 10.6. The van der Waals surface area contributed by atoms with Crippen LogP contribution in [0.3, 0.4) is 0 Å². The minimum Gasteiger partial charge on any atom is -0.444 e. The Kier molecular flexibility index (Phi) is 5.58. The highest BCUT2D eigenvalue weighted by molar-refractivity contribution is 5.81. The Labute approximate surface area is 160 Å². The van der Waals surface area contributed by atoms with Gasteiger partial charge >= 0.3 is 6.09 Å². The van der Waals surface area contributed by atoms with Crippen molar-refractivity contribution in [3.8, 4) is 0 Å². The number of fused-ring (bicyclic) bond motifs is 1. The number of para-hydroxylation sites is 1. The second kappa shape index (κ2) is 7.90. The Morgan fingerprint density at radius 2 is 2.07 bits per heavy atom. The van der Waals surface area contributed by atoms with Crippen molar-refractivity contribution in [2.75, 3.05) is 26.7 Å². The van der Waals surface area contributed by atoms with Gasteiger partial charge in [-0.3, -0.25) is 4.99 Å². The molecule has 0 saturated carbocycles. The molecule has 0 spiro atoms. The number of aliphatic imine (C=N–C) groups is 1. The zero-order valence-electron chi connectivity index (χ0n) is 16.5. The van der Waals surface area contributed by atoms with E-state index in [1.165, 1.54) is 11.1 Å². The first-order valence-corrected chi connectivity index (χ1v) is 9.36. The summed E-state index contributed by atoms with van der Waals surface area (Å²) in [5.74, 6) is 0.750. The highest BCUT2D eigenvalue weighted by atomic mass is 16.6. The number of nitrogens with zero attached hydrogens (tertiary/aromatic N) is 2. The van der Waals surface area contributed by atoms with Crippen molar-refractivity contribution in [2.24, 2.45) is 4.99 Å². The van der Waals surface area contributed by atoms with Crippen LogP contribution in [0.25, 0.3) is 10.9 Å². The molecular formula is C20H29N5O2. The first-order chi connectivity index (χ1) is 12.8. The van der Waals surface area contributed by atoms with Crippen LogP contribution in [-0.4, -0.2) is 60.3 Å². The second-order valence-corrected chi connectivity index (χ2v) is 7.86. The maximum atomic E-state index is 12.0. The number of carbonyl (C=O) groups is 1. The minimum absolute atomic E-state index is 0.191. The van der Waals surface area contributed by atoms with Gasteiger partial charge in [0.05, 0.1) is 6.04 Å². The fourth-order valence-electron chi connectivity index (χ4n) is 3.02. The number of nitrogens with one attached hydrogen (secondary N) is 3. The fourth-order valence-corrected chi connectivity index (χ4v) is 3.02. The molecular weight excluding hydrogens is 342 g/mol. The minimum atomic E-state index is -0.462. The Bertz CT molecular complexity index is 782. The molecule has 0 atom stereocenters. The molecule has 0 radical (unpaired) electrons. The van der Waals surface area contributed by atoms with Crippen molar-refractivity contribution < 1.29 is 9.53 Å². The molecule has 146 valence electrons. The predicted molar refractivity (Wildman–Crippen MR) is 108 cm³/mol. The number of aromatic nitrogens is 1. The average Bonchev–Trinajstić information content (AvgIpc) is 2.96. The highest BCUT2D eigenvalue weighted by Crippen LogP contribution is 2.16. The lowest BCUT2D eigenvalue weighted by Crippen LogP contribution is -2.63. The molecule has 1 aromatic heterocycles. The van der Waals surface area contributed by atoms with Crippen molar-refractivity contribution >= 4 is 23.0 Å². The smallest absolute Gasteiger partial charge is 0.410 e. The molecule has 7 nitrogen and oxygen atoms in total. The normalized spacial score (nSPS) is 15.6. The lowest BCUT2D eigenvalue weighted by Gasteiger charge is -2.40. The van der Waals surface area contributed by atoms with Crippen LogP contribution in [0.4, 0.5) is 4.79 Å². The van der Waals surface area contributed by atoms with Crippen molar-refractivity contribution in [3.05, 3.63) is 36.0 Å². The fraction of sp³-hybridized carbons (Fsp3) is 0.500. The number of ether oxygens (including phenoxy) is 1. The first kappa shape index (κ1) is 19.1. The van der Waals surface area contributed by atoms with E-state index in [4.69, 9.17) is 4.74 Å². The van der Waals surface area contributed by atoms with Crippen LogP contribution in [0.1, 0.15) is 26.5 Å². The maximum absolute atomic E-state index is 12.0. The molecule has 3 N–H and O–H groups in total. The van der Waals surface area contributed by atoms with Gasteiger partial charge in [-0.05, 0) is 38.3 Å². The summed E-state index contributed by atoms with van der Waals surface area (Å²) in [6.45, 7) is 7.64. The Balaban J connectivity index is 1.40. The van der Waals surface area contributed by atoms with E-state index in [-0.39, 0.29) is 12.1 Å². The van der Waals surface area contributed by atoms with E-state index in [1.54, 1.807) is 11.9 Å². The maximum Gasteiger partial charge on any atom is 0.410 e. The molecule has 0 bridgehead atoms. The summed E-state index contributed by atoms with van der Waals surface area (Å²) in [7, 11) is 1.75. The molecule has 2 heterocycles. The summed E-state index contributed by atoms with van der Waals surface area (Å²) in [4.78, 5) is 21.4. The second-order valence-electron chi connectivity index (χ2n) is 7.86. The van der Waals surface area contributed by atoms with Crippen molar-refractivity contribution in [1.82, 2.24) is 20.5 Å². The predicted octanol–water partition coefficient (Wildman–Crippen LogP) is 2.49. The number of carbonyl (C=O) groups excluding carboxylic acids is 1. The Morgan fingerprint density at radius 3 is 2.74 bits per heavy atom. The van der Waals surface area contributed by atoms with Gasteiger partial charge in [0.2, 0.25) is 0 Å². The monoisotopic (exact) mass is 371 g/mol. The largest absolute Gasteiger partial charge is 0.444 e. The molecule has 1 fully saturated rings. The molecule has 1 aromatic carbocycles. The number of rotatable bonds is 4. The molecule has 1 saturated heterocycles. The van der Waals surface area contributed by atoms with Crippen LogP contribution < -0.4 is 10.6 Å². The number of hydrogen-bond acceptors (Lipinski definition) is 3. The van der Waals surface area contributed by atoms with Crippen LogP contribution in [-0.2, 0) is 11.2 Å². The van der Waals surface area contributed by atoms with E-state index in [2.05, 4.69) is 38.8 Å². The van der Waals surface area contributed by atoms with Crippen molar-refractivity contribution in [3.63, 3.8) is 0 Å². The van der Waals surface area contributed by atoms with E-state index in [9.17, 15) is 4.79 Å². The van der Waals surface area contributed by atoms with E-state index in [1.807, 2.05) is 32.9 Å². The van der Waals surface area contributed by atoms with Gasteiger partial charge in [-0.15, -0.1) is 0 Å². The lowest BCUT2D eigenvalue weighted by atomic mass is 10.1. The van der Waals surface area contributed by atoms with Crippen LogP contribution in [0, 0.1) is 0 Å². The van der Waals surface area contributed by atoms with Gasteiger partial charge in [-0.2, -0.15) is 0 Å². The van der Waals surface area contributed by atoms with Gasteiger partial charge in [0.1, 0.15) is 5.60 Å². The summed E-state index contributed by atoms with van der Waals surface area (Å²) >= 11 is 0. The third kappa shape index (κ3) is 5.15. The quantitative estimate of drug-likeness (QED) is 0.570. The summed E-state index contributed by atoms with van der Waals surface area (Å²) in [6.07, 6.45) is 0.617. The van der Waals surface area contributed by atoms with Crippen LogP contribution in [0.5, 0.6) is 0 Å². The molecule has 27 heavy (non-hydrogen) atoms. The number of aromatic amines is 1. The summed E-state index contributed by atoms with van der Waals surface area (Å²) in [5, 5.41) is 7.90. The summed E-state index contributed by atoms with van der Waals surface area (Å²) < 4.78 is 5.37. The molecule has 2 aromatic rings. The van der Waals surface area contributed by atoms with Gasteiger partial charge in [-0.1, -0.05) is 18.2 Å². The van der Waals surface area contributed by atoms with Crippen molar-refractivity contribution in [2.45, 2.75) is 38.8 Å². The van der Waals surface area contributed by atoms with Crippen LogP contribution >= 0.6 is 0 Å².